The predicted octanol–water partition coefficient (Wildman–Crippen LogP) is 0.668. The molecule has 0 aliphatic rings. The Kier molecular flexibility index (Phi) is 3.46. The molecule has 0 atom stereocenters. The number of pyridine rings is 1. The van der Waals surface area contributed by atoms with Crippen molar-refractivity contribution in [3.05, 3.63) is 46.3 Å². The van der Waals surface area contributed by atoms with Crippen LogP contribution in [0, 0.1) is 12.7 Å². The molecule has 0 saturated heterocycles. The third kappa shape index (κ3) is 3.06. The Bertz CT molecular complexity index is 675. The fraction of sp³-hybridized carbons (Fsp3) is 0.250. The highest BCUT2D eigenvalue weighted by atomic mass is 19.1. The van der Waals surface area contributed by atoms with Crippen LogP contribution in [0.2, 0.25) is 0 Å². The summed E-state index contributed by atoms with van der Waals surface area (Å²) in [7, 11) is 1.69. The molecule has 2 aromatic rings. The highest BCUT2D eigenvalue weighted by Crippen LogP contribution is 2.07. The van der Waals surface area contributed by atoms with E-state index >= 15 is 0 Å². The molecule has 2 heterocycles. The number of carbonyl (C=O) groups is 1. The Morgan fingerprint density at radius 1 is 1.47 bits per heavy atom. The van der Waals surface area contributed by atoms with Crippen LogP contribution < -0.4 is 10.9 Å². The number of rotatable bonds is 3. The van der Waals surface area contributed by atoms with Gasteiger partial charge >= 0.3 is 0 Å². The van der Waals surface area contributed by atoms with Crippen LogP contribution >= 0.6 is 0 Å². The number of hydrogen-bond donors (Lipinski definition) is 1. The van der Waals surface area contributed by atoms with E-state index in [0.29, 0.717) is 5.82 Å². The van der Waals surface area contributed by atoms with Crippen molar-refractivity contribution in [1.29, 1.82) is 0 Å². The number of aryl methyl sites for hydroxylation is 2. The largest absolute Gasteiger partial charge is 0.309 e. The minimum absolute atomic E-state index is 0.249. The topological polar surface area (TPSA) is 68.9 Å². The Balaban J connectivity index is 2.11. The van der Waals surface area contributed by atoms with Crippen LogP contribution in [0.3, 0.4) is 0 Å². The first-order valence-corrected chi connectivity index (χ1v) is 5.62. The predicted molar refractivity (Wildman–Crippen MR) is 67.2 cm³/mol. The lowest BCUT2D eigenvalue weighted by atomic mass is 10.4. The number of hydrogen-bond acceptors (Lipinski definition) is 3. The molecule has 0 fully saturated rings. The van der Waals surface area contributed by atoms with Gasteiger partial charge in [-0.05, 0) is 13.0 Å². The first-order valence-electron chi connectivity index (χ1n) is 5.62. The summed E-state index contributed by atoms with van der Waals surface area (Å²) >= 11 is 0. The van der Waals surface area contributed by atoms with Crippen molar-refractivity contribution in [1.82, 2.24) is 14.3 Å². The van der Waals surface area contributed by atoms with Gasteiger partial charge in [0.1, 0.15) is 18.2 Å². The lowest BCUT2D eigenvalue weighted by Crippen LogP contribution is -2.27. The number of halogens is 1. The fourth-order valence-electron chi connectivity index (χ4n) is 1.69. The van der Waals surface area contributed by atoms with Gasteiger partial charge in [-0.15, -0.1) is 0 Å². The lowest BCUT2D eigenvalue weighted by Gasteiger charge is -2.07. The molecule has 0 aromatic carbocycles. The normalized spacial score (nSPS) is 10.5. The molecular weight excluding hydrogens is 251 g/mol. The molecule has 0 unspecified atom stereocenters. The second-order valence-corrected chi connectivity index (χ2v) is 4.16. The average Bonchev–Trinajstić information content (AvgIpc) is 2.62. The third-order valence-electron chi connectivity index (χ3n) is 2.53. The highest BCUT2D eigenvalue weighted by Gasteiger charge is 2.09. The maximum Gasteiger partial charge on any atom is 0.251 e. The summed E-state index contributed by atoms with van der Waals surface area (Å²) in [4.78, 5) is 23.2. The molecule has 0 aliphatic heterocycles. The molecular formula is C12H13FN4O2. The zero-order chi connectivity index (χ0) is 14.0. The molecule has 0 saturated carbocycles. The van der Waals surface area contributed by atoms with Crippen molar-refractivity contribution in [3.8, 4) is 0 Å². The van der Waals surface area contributed by atoms with Crippen LogP contribution in [0.5, 0.6) is 0 Å². The fourth-order valence-corrected chi connectivity index (χ4v) is 1.69. The number of aromatic nitrogens is 3. The van der Waals surface area contributed by atoms with E-state index in [0.717, 1.165) is 28.6 Å². The van der Waals surface area contributed by atoms with Gasteiger partial charge in [-0.2, -0.15) is 5.10 Å². The van der Waals surface area contributed by atoms with Gasteiger partial charge in [0.05, 0.1) is 5.69 Å². The van der Waals surface area contributed by atoms with Crippen LogP contribution in [0.1, 0.15) is 5.69 Å². The molecule has 0 bridgehead atoms. The molecule has 0 spiro atoms. The van der Waals surface area contributed by atoms with Crippen molar-refractivity contribution < 1.29 is 9.18 Å². The lowest BCUT2D eigenvalue weighted by molar-refractivity contribution is -0.116. The maximum atomic E-state index is 13.0. The Hall–Kier alpha value is -2.44. The molecule has 100 valence electrons. The smallest absolute Gasteiger partial charge is 0.251 e. The Morgan fingerprint density at radius 2 is 2.21 bits per heavy atom. The average molecular weight is 264 g/mol. The molecule has 1 N–H and O–H groups in total. The van der Waals surface area contributed by atoms with Crippen molar-refractivity contribution in [2.75, 3.05) is 5.32 Å². The quantitative estimate of drug-likeness (QED) is 0.885. The van der Waals surface area contributed by atoms with Gasteiger partial charge in [0, 0.05) is 25.4 Å². The van der Waals surface area contributed by atoms with Gasteiger partial charge < -0.3 is 9.88 Å². The minimum atomic E-state index is -0.566. The van der Waals surface area contributed by atoms with Crippen molar-refractivity contribution in [2.24, 2.45) is 7.05 Å². The summed E-state index contributed by atoms with van der Waals surface area (Å²) in [5.74, 6) is -0.466. The molecule has 0 aliphatic carbocycles. The first kappa shape index (κ1) is 13.0. The summed E-state index contributed by atoms with van der Waals surface area (Å²) in [6, 6.07) is 3.84. The highest BCUT2D eigenvalue weighted by molar-refractivity contribution is 5.89. The van der Waals surface area contributed by atoms with E-state index in [4.69, 9.17) is 0 Å². The van der Waals surface area contributed by atoms with E-state index in [-0.39, 0.29) is 6.54 Å². The standard InChI is InChI=1S/C12H13FN4O2/c1-8-5-10(16(2)15-8)14-11(18)7-17-6-9(13)3-4-12(17)19/h3-6H,7H2,1-2H3,(H,14,18). The SMILES string of the molecule is Cc1cc(NC(=O)Cn2cc(F)ccc2=O)n(C)n1. The minimum Gasteiger partial charge on any atom is -0.309 e. The van der Waals surface area contributed by atoms with Gasteiger partial charge in [0.15, 0.2) is 0 Å². The van der Waals surface area contributed by atoms with Gasteiger partial charge in [-0.3, -0.25) is 14.3 Å². The van der Waals surface area contributed by atoms with E-state index in [1.165, 1.54) is 4.68 Å². The van der Waals surface area contributed by atoms with E-state index in [9.17, 15) is 14.0 Å². The van der Waals surface area contributed by atoms with E-state index in [2.05, 4.69) is 10.4 Å². The molecule has 7 heteroatoms. The summed E-state index contributed by atoms with van der Waals surface area (Å²) in [5, 5.41) is 6.68. The second-order valence-electron chi connectivity index (χ2n) is 4.16. The van der Waals surface area contributed by atoms with Crippen molar-refractivity contribution in [2.45, 2.75) is 13.5 Å². The first-order chi connectivity index (χ1) is 8.95. The van der Waals surface area contributed by atoms with E-state index in [1.54, 1.807) is 20.0 Å². The molecule has 19 heavy (non-hydrogen) atoms. The monoisotopic (exact) mass is 264 g/mol. The van der Waals surface area contributed by atoms with Crippen molar-refractivity contribution >= 4 is 11.7 Å². The summed E-state index contributed by atoms with van der Waals surface area (Å²) in [5.41, 5.74) is 0.332. The number of nitrogens with zero attached hydrogens (tertiary/aromatic N) is 3. The summed E-state index contributed by atoms with van der Waals surface area (Å²) < 4.78 is 15.5. The second kappa shape index (κ2) is 5.05. The van der Waals surface area contributed by atoms with Crippen LogP contribution in [-0.2, 0) is 18.4 Å². The molecule has 0 radical (unpaired) electrons. The van der Waals surface area contributed by atoms with Crippen molar-refractivity contribution in [3.63, 3.8) is 0 Å². The van der Waals surface area contributed by atoms with Crippen LogP contribution in [0.15, 0.2) is 29.2 Å². The van der Waals surface area contributed by atoms with E-state index in [1.807, 2.05) is 0 Å². The number of nitrogens with one attached hydrogen (secondary N) is 1. The third-order valence-corrected chi connectivity index (χ3v) is 2.53. The molecule has 2 aromatic heterocycles. The molecule has 1 amide bonds. The van der Waals surface area contributed by atoms with Crippen LogP contribution in [-0.4, -0.2) is 20.3 Å². The number of amides is 1. The zero-order valence-electron chi connectivity index (χ0n) is 10.6. The Labute approximate surface area is 108 Å². The molecule has 6 nitrogen and oxygen atoms in total. The number of carbonyl (C=O) groups excluding carboxylic acids is 1. The maximum absolute atomic E-state index is 13.0. The zero-order valence-corrected chi connectivity index (χ0v) is 10.6. The summed E-state index contributed by atoms with van der Waals surface area (Å²) in [6.45, 7) is 1.55. The summed E-state index contributed by atoms with van der Waals surface area (Å²) in [6.07, 6.45) is 0.996. The van der Waals surface area contributed by atoms with Gasteiger partial charge in [0.2, 0.25) is 5.91 Å². The molecule has 2 rings (SSSR count). The van der Waals surface area contributed by atoms with Gasteiger partial charge in [-0.25, -0.2) is 4.39 Å². The van der Waals surface area contributed by atoms with Gasteiger partial charge in [0.25, 0.3) is 5.56 Å². The Morgan fingerprint density at radius 3 is 2.84 bits per heavy atom. The van der Waals surface area contributed by atoms with Gasteiger partial charge in [-0.1, -0.05) is 0 Å². The number of anilines is 1. The van der Waals surface area contributed by atoms with Crippen LogP contribution in [0.4, 0.5) is 10.2 Å². The van der Waals surface area contributed by atoms with E-state index < -0.39 is 17.3 Å². The van der Waals surface area contributed by atoms with Crippen LogP contribution in [0.25, 0.3) is 0 Å².